The highest BCUT2D eigenvalue weighted by Crippen LogP contribution is 2.48. The predicted molar refractivity (Wildman–Crippen MR) is 216 cm³/mol. The van der Waals surface area contributed by atoms with Gasteiger partial charge in [0.2, 0.25) is 12.1 Å². The number of hydrogen-bond acceptors (Lipinski definition) is 8. The summed E-state index contributed by atoms with van der Waals surface area (Å²) in [7, 11) is 0.729. The van der Waals surface area contributed by atoms with E-state index in [-0.39, 0.29) is 17.9 Å². The predicted octanol–water partition coefficient (Wildman–Crippen LogP) is 8.21. The quantitative estimate of drug-likeness (QED) is 0.152. The molecule has 0 aliphatic carbocycles. The van der Waals surface area contributed by atoms with E-state index in [1.807, 2.05) is 84.9 Å². The number of allylic oxidation sites excluding steroid dienone is 1. The third-order valence-corrected chi connectivity index (χ3v) is 12.9. The lowest BCUT2D eigenvalue weighted by atomic mass is 9.78. The molecular formula is C42H47BFN5O6S. The van der Waals surface area contributed by atoms with Crippen molar-refractivity contribution >= 4 is 52.4 Å². The van der Waals surface area contributed by atoms with Crippen LogP contribution in [0.4, 0.5) is 9.18 Å². The lowest BCUT2D eigenvalue weighted by Crippen LogP contribution is -2.51. The van der Waals surface area contributed by atoms with Gasteiger partial charge in [0.05, 0.1) is 57.9 Å². The summed E-state index contributed by atoms with van der Waals surface area (Å²) in [5.41, 5.74) is 3.94. The molecule has 56 heavy (non-hydrogen) atoms. The topological polar surface area (TPSA) is 120 Å². The fraction of sp³-hybridized carbons (Fsp3) is 0.405. The first-order chi connectivity index (χ1) is 26.6. The first-order valence-electron chi connectivity index (χ1n) is 19.0. The number of fused-ring (bicyclic) bond motifs is 5. The van der Waals surface area contributed by atoms with Gasteiger partial charge in [0.1, 0.15) is 23.4 Å². The van der Waals surface area contributed by atoms with Crippen LogP contribution in [0.1, 0.15) is 89.2 Å². The number of aromatic nitrogens is 3. The van der Waals surface area contributed by atoms with E-state index >= 15 is 4.39 Å². The fourth-order valence-corrected chi connectivity index (χ4v) is 8.78. The molecule has 0 radical (unpaired) electrons. The SMILES string of the molecule is C=C(C)c1ccc(C2Oc3cc(-c4cnc(C5CCCN5C(=O)C(NC(=O)OC)C(C)C)[nH]4)cc(F)c3-c3cc4cc(B5OC(C)(C)C(C)(C)O5)ccc4n32)s1. The first-order valence-corrected chi connectivity index (χ1v) is 19.9. The van der Waals surface area contributed by atoms with Gasteiger partial charge >= 0.3 is 13.2 Å². The highest BCUT2D eigenvalue weighted by atomic mass is 32.1. The molecule has 3 aliphatic heterocycles. The zero-order chi connectivity index (χ0) is 39.8. The highest BCUT2D eigenvalue weighted by molar-refractivity contribution is 7.13. The number of nitrogens with one attached hydrogen (secondary N) is 2. The summed E-state index contributed by atoms with van der Waals surface area (Å²) < 4.78 is 43.0. The molecule has 2 fully saturated rings. The number of nitrogens with zero attached hydrogens (tertiary/aromatic N) is 3. The molecule has 11 nitrogen and oxygen atoms in total. The van der Waals surface area contributed by atoms with E-state index in [1.54, 1.807) is 22.4 Å². The van der Waals surface area contributed by atoms with Gasteiger partial charge in [0, 0.05) is 22.4 Å². The third kappa shape index (κ3) is 6.41. The molecular weight excluding hydrogens is 732 g/mol. The minimum absolute atomic E-state index is 0.158. The van der Waals surface area contributed by atoms with Crippen molar-refractivity contribution in [3.8, 4) is 28.3 Å². The Balaban J connectivity index is 1.16. The third-order valence-electron chi connectivity index (χ3n) is 11.6. The maximum absolute atomic E-state index is 16.7. The Kier molecular flexibility index (Phi) is 9.45. The standard InChI is InChI=1S/C42H47BFN5O6S/c1-22(2)33-14-15-34(56-33)39-49-29-13-12-26(43-54-41(5,6)42(7,8)55-43)17-25(29)19-31(49)35-27(44)18-24(20-32(35)53-39)28-21-45-37(46-28)30-11-10-16-48(30)38(50)36(23(3)4)47-40(51)52-9/h12-15,17-21,23,30,36,39H,1,10-11,16H2,2-9H3,(H,45,46)(H,47,51). The normalized spacial score (nSPS) is 20.2. The van der Waals surface area contributed by atoms with E-state index in [4.69, 9.17) is 18.8 Å². The van der Waals surface area contributed by atoms with Gasteiger partial charge < -0.3 is 34.0 Å². The van der Waals surface area contributed by atoms with E-state index in [2.05, 4.69) is 32.5 Å². The van der Waals surface area contributed by atoms with Gasteiger partial charge in [0.15, 0.2) is 0 Å². The molecule has 0 saturated carbocycles. The Morgan fingerprint density at radius 3 is 2.54 bits per heavy atom. The molecule has 2 aromatic carbocycles. The number of halogens is 1. The number of hydrogen-bond donors (Lipinski definition) is 2. The van der Waals surface area contributed by atoms with Gasteiger partial charge in [0.25, 0.3) is 0 Å². The van der Waals surface area contributed by atoms with Crippen LogP contribution in [-0.4, -0.2) is 69.5 Å². The summed E-state index contributed by atoms with van der Waals surface area (Å²) in [5, 5.41) is 3.59. The van der Waals surface area contributed by atoms with Crippen LogP contribution in [0, 0.1) is 11.7 Å². The van der Waals surface area contributed by atoms with Crippen LogP contribution in [-0.2, 0) is 18.8 Å². The van der Waals surface area contributed by atoms with E-state index in [1.165, 1.54) is 13.2 Å². The fourth-order valence-electron chi connectivity index (χ4n) is 7.82. The van der Waals surface area contributed by atoms with Crippen molar-refractivity contribution in [2.24, 2.45) is 5.92 Å². The number of aromatic amines is 1. The van der Waals surface area contributed by atoms with Crippen LogP contribution in [0.5, 0.6) is 5.75 Å². The van der Waals surface area contributed by atoms with Crippen LogP contribution in [0.15, 0.2) is 61.3 Å². The second-order valence-corrected chi connectivity index (χ2v) is 17.4. The van der Waals surface area contributed by atoms with Crippen molar-refractivity contribution in [3.05, 3.63) is 82.7 Å². The van der Waals surface area contributed by atoms with Gasteiger partial charge in [-0.1, -0.05) is 32.6 Å². The highest BCUT2D eigenvalue weighted by Gasteiger charge is 2.52. The number of amides is 2. The molecule has 292 valence electrons. The molecule has 3 aliphatic rings. The number of rotatable bonds is 8. The molecule has 3 aromatic heterocycles. The van der Waals surface area contributed by atoms with Crippen LogP contribution in [0.2, 0.25) is 0 Å². The minimum Gasteiger partial charge on any atom is -0.464 e. The van der Waals surface area contributed by atoms with Crippen molar-refractivity contribution in [2.75, 3.05) is 13.7 Å². The van der Waals surface area contributed by atoms with Gasteiger partial charge in [-0.15, -0.1) is 11.3 Å². The average molecular weight is 780 g/mol. The maximum Gasteiger partial charge on any atom is 0.494 e. The number of thiophene rings is 1. The number of carbonyl (C=O) groups is 2. The zero-order valence-corrected chi connectivity index (χ0v) is 33.8. The average Bonchev–Trinajstić information content (AvgIpc) is 3.99. The summed E-state index contributed by atoms with van der Waals surface area (Å²) >= 11 is 1.60. The number of carbonyl (C=O) groups excluding carboxylic acids is 2. The van der Waals surface area contributed by atoms with Crippen LogP contribution >= 0.6 is 11.3 Å². The molecule has 5 aromatic rings. The van der Waals surface area contributed by atoms with Gasteiger partial charge in [-0.3, -0.25) is 9.36 Å². The molecule has 2 saturated heterocycles. The molecule has 3 unspecified atom stereocenters. The second kappa shape index (κ2) is 13.9. The Bertz CT molecular complexity index is 2370. The molecule has 0 spiro atoms. The Hall–Kier alpha value is -4.92. The van der Waals surface area contributed by atoms with Gasteiger partial charge in [-0.05, 0) is 101 Å². The monoisotopic (exact) mass is 779 g/mol. The van der Waals surface area contributed by atoms with E-state index in [9.17, 15) is 9.59 Å². The molecule has 3 atom stereocenters. The molecule has 6 heterocycles. The lowest BCUT2D eigenvalue weighted by molar-refractivity contribution is -0.135. The number of likely N-dealkylation sites (tertiary alicyclic amines) is 1. The molecule has 0 bridgehead atoms. The van der Waals surface area contributed by atoms with Crippen LogP contribution < -0.4 is 15.5 Å². The molecule has 2 N–H and O–H groups in total. The molecule has 8 rings (SSSR count). The van der Waals surface area contributed by atoms with Crippen molar-refractivity contribution in [1.82, 2.24) is 24.8 Å². The van der Waals surface area contributed by atoms with Crippen LogP contribution in [0.25, 0.3) is 39.0 Å². The summed E-state index contributed by atoms with van der Waals surface area (Å²) in [6.45, 7) is 18.5. The Labute approximate surface area is 330 Å². The van der Waals surface area contributed by atoms with E-state index < -0.39 is 42.5 Å². The van der Waals surface area contributed by atoms with Crippen molar-refractivity contribution in [3.63, 3.8) is 0 Å². The summed E-state index contributed by atoms with van der Waals surface area (Å²) in [6.07, 6.45) is 1.90. The first kappa shape index (κ1) is 38.0. The Morgan fingerprint density at radius 2 is 1.86 bits per heavy atom. The smallest absolute Gasteiger partial charge is 0.464 e. The summed E-state index contributed by atoms with van der Waals surface area (Å²) in [5.74, 6) is 0.190. The number of ether oxygens (including phenoxy) is 2. The van der Waals surface area contributed by atoms with Gasteiger partial charge in [-0.2, -0.15) is 0 Å². The number of alkyl carbamates (subject to hydrolysis) is 1. The zero-order valence-electron chi connectivity index (χ0n) is 33.0. The van der Waals surface area contributed by atoms with Crippen LogP contribution in [0.3, 0.4) is 0 Å². The second-order valence-electron chi connectivity index (χ2n) is 16.3. The molecule has 2 amide bonds. The number of methoxy groups -OCH3 is 1. The van der Waals surface area contributed by atoms with E-state index in [0.29, 0.717) is 47.1 Å². The number of H-pyrrole nitrogens is 1. The minimum atomic E-state index is -0.752. The lowest BCUT2D eigenvalue weighted by Gasteiger charge is -2.32. The maximum atomic E-state index is 16.7. The van der Waals surface area contributed by atoms with Gasteiger partial charge in [-0.25, -0.2) is 14.2 Å². The number of imidazole rings is 1. The van der Waals surface area contributed by atoms with E-state index in [0.717, 1.165) is 38.1 Å². The van der Waals surface area contributed by atoms with Crippen molar-refractivity contribution < 1.29 is 32.8 Å². The van der Waals surface area contributed by atoms with Crippen molar-refractivity contribution in [2.45, 2.75) is 90.8 Å². The number of benzene rings is 2. The van der Waals surface area contributed by atoms with Crippen molar-refractivity contribution in [1.29, 1.82) is 0 Å². The molecule has 14 heteroatoms. The summed E-state index contributed by atoms with van der Waals surface area (Å²) in [6, 6.07) is 14.4. The summed E-state index contributed by atoms with van der Waals surface area (Å²) in [4.78, 5) is 37.6. The Morgan fingerprint density at radius 1 is 1.11 bits per heavy atom. The largest absolute Gasteiger partial charge is 0.494 e.